The summed E-state index contributed by atoms with van der Waals surface area (Å²) < 4.78 is 14.8. The standard InChI is InChI=1S/C15H15BrFN/c1-15(18,13-7-2-3-8-14(13)17)10-11-5-4-6-12(16)9-11/h2-9H,10,18H2,1H3. The molecule has 0 spiro atoms. The van der Waals surface area contributed by atoms with E-state index in [0.717, 1.165) is 10.0 Å². The van der Waals surface area contributed by atoms with E-state index in [1.54, 1.807) is 12.1 Å². The van der Waals surface area contributed by atoms with Crippen molar-refractivity contribution in [3.05, 3.63) is 69.9 Å². The molecule has 0 radical (unpaired) electrons. The molecule has 0 fully saturated rings. The summed E-state index contributed by atoms with van der Waals surface area (Å²) in [5.74, 6) is -0.252. The molecular formula is C15H15BrFN. The number of rotatable bonds is 3. The zero-order valence-corrected chi connectivity index (χ0v) is 11.7. The average Bonchev–Trinajstić information content (AvgIpc) is 2.28. The van der Waals surface area contributed by atoms with Crippen LogP contribution in [0.3, 0.4) is 0 Å². The highest BCUT2D eigenvalue weighted by molar-refractivity contribution is 9.10. The molecule has 0 amide bonds. The lowest BCUT2D eigenvalue weighted by Gasteiger charge is -2.26. The molecule has 0 aliphatic heterocycles. The van der Waals surface area contributed by atoms with Gasteiger partial charge in [0.25, 0.3) is 0 Å². The Hall–Kier alpha value is -1.19. The van der Waals surface area contributed by atoms with Crippen LogP contribution in [0.1, 0.15) is 18.1 Å². The summed E-state index contributed by atoms with van der Waals surface area (Å²) in [4.78, 5) is 0. The maximum Gasteiger partial charge on any atom is 0.128 e. The molecular weight excluding hydrogens is 293 g/mol. The Kier molecular flexibility index (Phi) is 3.83. The largest absolute Gasteiger partial charge is 0.321 e. The maximum atomic E-state index is 13.8. The summed E-state index contributed by atoms with van der Waals surface area (Å²) >= 11 is 3.43. The van der Waals surface area contributed by atoms with Crippen molar-refractivity contribution in [1.82, 2.24) is 0 Å². The van der Waals surface area contributed by atoms with Crippen LogP contribution >= 0.6 is 15.9 Å². The molecule has 94 valence electrons. The molecule has 2 N–H and O–H groups in total. The van der Waals surface area contributed by atoms with Gasteiger partial charge < -0.3 is 5.73 Å². The monoisotopic (exact) mass is 307 g/mol. The van der Waals surface area contributed by atoms with Crippen LogP contribution in [0.4, 0.5) is 4.39 Å². The number of hydrogen-bond donors (Lipinski definition) is 1. The first kappa shape index (κ1) is 13.2. The van der Waals surface area contributed by atoms with Gasteiger partial charge in [-0.2, -0.15) is 0 Å². The Morgan fingerprint density at radius 3 is 2.56 bits per heavy atom. The molecule has 18 heavy (non-hydrogen) atoms. The van der Waals surface area contributed by atoms with Crippen molar-refractivity contribution in [1.29, 1.82) is 0 Å². The zero-order valence-electron chi connectivity index (χ0n) is 10.2. The highest BCUT2D eigenvalue weighted by Gasteiger charge is 2.24. The minimum Gasteiger partial charge on any atom is -0.321 e. The van der Waals surface area contributed by atoms with Crippen LogP contribution in [0.5, 0.6) is 0 Å². The summed E-state index contributed by atoms with van der Waals surface area (Å²) in [7, 11) is 0. The average molecular weight is 308 g/mol. The van der Waals surface area contributed by atoms with E-state index in [4.69, 9.17) is 5.73 Å². The van der Waals surface area contributed by atoms with Crippen molar-refractivity contribution in [2.45, 2.75) is 18.9 Å². The van der Waals surface area contributed by atoms with Gasteiger partial charge >= 0.3 is 0 Å². The van der Waals surface area contributed by atoms with E-state index in [1.165, 1.54) is 6.07 Å². The predicted octanol–water partition coefficient (Wildman–Crippen LogP) is 4.00. The lowest BCUT2D eigenvalue weighted by atomic mass is 9.86. The van der Waals surface area contributed by atoms with Crippen molar-refractivity contribution < 1.29 is 4.39 Å². The highest BCUT2D eigenvalue weighted by Crippen LogP contribution is 2.26. The van der Waals surface area contributed by atoms with Crippen molar-refractivity contribution in [3.63, 3.8) is 0 Å². The summed E-state index contributed by atoms with van der Waals surface area (Å²) in [6.45, 7) is 1.85. The third kappa shape index (κ3) is 2.98. The van der Waals surface area contributed by atoms with Crippen LogP contribution in [0.15, 0.2) is 53.0 Å². The topological polar surface area (TPSA) is 26.0 Å². The SMILES string of the molecule is CC(N)(Cc1cccc(Br)c1)c1ccccc1F. The van der Waals surface area contributed by atoms with Crippen molar-refractivity contribution in [2.24, 2.45) is 5.73 Å². The van der Waals surface area contributed by atoms with Gasteiger partial charge in [0.15, 0.2) is 0 Å². The first-order valence-corrected chi connectivity index (χ1v) is 6.57. The molecule has 0 aliphatic rings. The van der Waals surface area contributed by atoms with Gasteiger partial charge in [0.05, 0.1) is 0 Å². The molecule has 2 aromatic carbocycles. The first-order valence-electron chi connectivity index (χ1n) is 5.77. The molecule has 0 aromatic heterocycles. The third-order valence-electron chi connectivity index (χ3n) is 2.95. The Labute approximate surface area is 115 Å². The summed E-state index contributed by atoms with van der Waals surface area (Å²) in [6.07, 6.45) is 0.591. The lowest BCUT2D eigenvalue weighted by molar-refractivity contribution is 0.457. The fraction of sp³-hybridized carbons (Fsp3) is 0.200. The van der Waals surface area contributed by atoms with Crippen LogP contribution < -0.4 is 5.73 Å². The van der Waals surface area contributed by atoms with E-state index in [-0.39, 0.29) is 5.82 Å². The number of hydrogen-bond acceptors (Lipinski definition) is 1. The van der Waals surface area contributed by atoms with Gasteiger partial charge in [-0.05, 0) is 37.1 Å². The fourth-order valence-electron chi connectivity index (χ4n) is 2.09. The lowest BCUT2D eigenvalue weighted by Crippen LogP contribution is -2.36. The predicted molar refractivity (Wildman–Crippen MR) is 75.8 cm³/mol. The van der Waals surface area contributed by atoms with Crippen molar-refractivity contribution in [2.75, 3.05) is 0 Å². The Morgan fingerprint density at radius 2 is 1.89 bits per heavy atom. The molecule has 0 bridgehead atoms. The van der Waals surface area contributed by atoms with Gasteiger partial charge in [0, 0.05) is 15.6 Å². The van der Waals surface area contributed by atoms with Gasteiger partial charge in [-0.1, -0.05) is 46.3 Å². The second-order valence-corrected chi connectivity index (χ2v) is 5.62. The molecule has 1 atom stereocenters. The number of halogens is 2. The van der Waals surface area contributed by atoms with E-state index in [9.17, 15) is 4.39 Å². The molecule has 0 heterocycles. The van der Waals surface area contributed by atoms with Gasteiger partial charge in [-0.25, -0.2) is 4.39 Å². The van der Waals surface area contributed by atoms with Crippen LogP contribution in [0.2, 0.25) is 0 Å². The molecule has 0 saturated heterocycles. The van der Waals surface area contributed by atoms with Gasteiger partial charge in [-0.3, -0.25) is 0 Å². The Bertz CT molecular complexity index is 552. The second-order valence-electron chi connectivity index (χ2n) is 4.70. The first-order chi connectivity index (χ1) is 8.49. The minimum atomic E-state index is -0.716. The Morgan fingerprint density at radius 1 is 1.17 bits per heavy atom. The van der Waals surface area contributed by atoms with Gasteiger partial charge in [-0.15, -0.1) is 0 Å². The van der Waals surface area contributed by atoms with E-state index in [1.807, 2.05) is 37.3 Å². The van der Waals surface area contributed by atoms with Crippen molar-refractivity contribution in [3.8, 4) is 0 Å². The van der Waals surface area contributed by atoms with Gasteiger partial charge in [0.2, 0.25) is 0 Å². The van der Waals surface area contributed by atoms with Gasteiger partial charge in [0.1, 0.15) is 5.82 Å². The van der Waals surface area contributed by atoms with Crippen LogP contribution in [0, 0.1) is 5.82 Å². The highest BCUT2D eigenvalue weighted by atomic mass is 79.9. The molecule has 0 saturated carbocycles. The van der Waals surface area contributed by atoms with Crippen LogP contribution in [-0.2, 0) is 12.0 Å². The van der Waals surface area contributed by atoms with E-state index >= 15 is 0 Å². The van der Waals surface area contributed by atoms with E-state index in [2.05, 4.69) is 15.9 Å². The summed E-state index contributed by atoms with van der Waals surface area (Å²) in [5, 5.41) is 0. The van der Waals surface area contributed by atoms with Crippen molar-refractivity contribution >= 4 is 15.9 Å². The van der Waals surface area contributed by atoms with Crippen LogP contribution in [0.25, 0.3) is 0 Å². The molecule has 1 nitrogen and oxygen atoms in total. The number of benzene rings is 2. The molecule has 2 rings (SSSR count). The zero-order chi connectivity index (χ0) is 13.2. The van der Waals surface area contributed by atoms with E-state index < -0.39 is 5.54 Å². The quantitative estimate of drug-likeness (QED) is 0.911. The second kappa shape index (κ2) is 5.21. The van der Waals surface area contributed by atoms with E-state index in [0.29, 0.717) is 12.0 Å². The fourth-order valence-corrected chi connectivity index (χ4v) is 2.54. The smallest absolute Gasteiger partial charge is 0.128 e. The molecule has 3 heteroatoms. The normalized spacial score (nSPS) is 14.2. The Balaban J connectivity index is 2.30. The van der Waals surface area contributed by atoms with Crippen LogP contribution in [-0.4, -0.2) is 0 Å². The third-order valence-corrected chi connectivity index (χ3v) is 3.44. The number of nitrogens with two attached hydrogens (primary N) is 1. The minimum absolute atomic E-state index is 0.252. The molecule has 0 aliphatic carbocycles. The molecule has 2 aromatic rings. The molecule has 1 unspecified atom stereocenters. The summed E-state index contributed by atoms with van der Waals surface area (Å²) in [6, 6.07) is 14.6. The summed E-state index contributed by atoms with van der Waals surface area (Å²) in [5.41, 5.74) is 7.18. The maximum absolute atomic E-state index is 13.8.